The Morgan fingerprint density at radius 3 is 2.93 bits per heavy atom. The molecule has 3 heteroatoms. The van der Waals surface area contributed by atoms with E-state index in [9.17, 15) is 9.90 Å². The van der Waals surface area contributed by atoms with Crippen LogP contribution in [0.5, 0.6) is 5.75 Å². The van der Waals surface area contributed by atoms with Crippen LogP contribution in [-0.4, -0.2) is 17.6 Å². The first-order chi connectivity index (χ1) is 7.11. The Balaban J connectivity index is 2.72. The fourth-order valence-electron chi connectivity index (χ4n) is 1.07. The predicted molar refractivity (Wildman–Crippen MR) is 58.4 cm³/mol. The van der Waals surface area contributed by atoms with Crippen LogP contribution in [0.4, 0.5) is 0 Å². The average molecular weight is 203 g/mol. The second-order valence-electron chi connectivity index (χ2n) is 3.16. The van der Waals surface area contributed by atoms with Crippen LogP contribution in [0, 0.1) is 18.8 Å². The maximum atomic E-state index is 10.6. The number of hydrogen-bond acceptors (Lipinski definition) is 2. The summed E-state index contributed by atoms with van der Waals surface area (Å²) in [5, 5.41) is 12.0. The Labute approximate surface area is 89.1 Å². The first-order valence-electron chi connectivity index (χ1n) is 4.63. The molecule has 0 aromatic heterocycles. The molecule has 0 aliphatic rings. The summed E-state index contributed by atoms with van der Waals surface area (Å²) in [4.78, 5) is 10.6. The lowest BCUT2D eigenvalue weighted by Gasteiger charge is -1.99. The first kappa shape index (κ1) is 11.1. The lowest BCUT2D eigenvalue weighted by atomic mass is 10.1. The summed E-state index contributed by atoms with van der Waals surface area (Å²) in [5.74, 6) is 5.83. The molecule has 0 spiro atoms. The van der Waals surface area contributed by atoms with Gasteiger partial charge >= 0.3 is 0 Å². The Kier molecular flexibility index (Phi) is 3.75. The van der Waals surface area contributed by atoms with E-state index >= 15 is 0 Å². The third-order valence-corrected chi connectivity index (χ3v) is 1.95. The molecule has 0 heterocycles. The van der Waals surface area contributed by atoms with Crippen LogP contribution in [0.3, 0.4) is 0 Å². The number of nitrogens with one attached hydrogen (secondary N) is 1. The molecule has 0 fully saturated rings. The van der Waals surface area contributed by atoms with Gasteiger partial charge in [-0.3, -0.25) is 4.79 Å². The standard InChI is InChI=1S/C12H13NO2/c1-9-11(5-3-7-12(9)15)6-4-8-13-10(2)14/h3,5,7,15H,8H2,1-2H3,(H,13,14). The molecule has 1 aromatic rings. The van der Waals surface area contributed by atoms with Gasteiger partial charge in [0.25, 0.3) is 0 Å². The summed E-state index contributed by atoms with van der Waals surface area (Å²) in [6, 6.07) is 5.19. The highest BCUT2D eigenvalue weighted by molar-refractivity contribution is 5.73. The van der Waals surface area contributed by atoms with Gasteiger partial charge in [-0.1, -0.05) is 17.9 Å². The first-order valence-corrected chi connectivity index (χ1v) is 4.63. The third-order valence-electron chi connectivity index (χ3n) is 1.95. The van der Waals surface area contributed by atoms with Crippen LogP contribution in [-0.2, 0) is 4.79 Å². The SMILES string of the molecule is CC(=O)NCC#Cc1cccc(O)c1C. The molecule has 1 amide bonds. The zero-order valence-corrected chi connectivity index (χ0v) is 8.79. The van der Waals surface area contributed by atoms with Crippen molar-refractivity contribution in [1.82, 2.24) is 5.32 Å². The minimum Gasteiger partial charge on any atom is -0.508 e. The van der Waals surface area contributed by atoms with Crippen molar-refractivity contribution in [2.24, 2.45) is 0 Å². The van der Waals surface area contributed by atoms with E-state index in [2.05, 4.69) is 17.2 Å². The van der Waals surface area contributed by atoms with Crippen LogP contribution in [0.25, 0.3) is 0 Å². The predicted octanol–water partition coefficient (Wildman–Crippen LogP) is 1.19. The molecule has 78 valence electrons. The molecule has 0 saturated carbocycles. The van der Waals surface area contributed by atoms with Crippen molar-refractivity contribution >= 4 is 5.91 Å². The molecule has 0 unspecified atom stereocenters. The fraction of sp³-hybridized carbons (Fsp3) is 0.250. The summed E-state index contributed by atoms with van der Waals surface area (Å²) in [6.45, 7) is 3.57. The highest BCUT2D eigenvalue weighted by atomic mass is 16.3. The van der Waals surface area contributed by atoms with Crippen molar-refractivity contribution in [3.05, 3.63) is 29.3 Å². The summed E-state index contributed by atoms with van der Waals surface area (Å²) < 4.78 is 0. The second kappa shape index (κ2) is 5.06. The van der Waals surface area contributed by atoms with Gasteiger partial charge in [-0.25, -0.2) is 0 Å². The van der Waals surface area contributed by atoms with Gasteiger partial charge in [0, 0.05) is 18.1 Å². The summed E-state index contributed by atoms with van der Waals surface area (Å²) in [7, 11) is 0. The number of hydrogen-bond donors (Lipinski definition) is 2. The second-order valence-corrected chi connectivity index (χ2v) is 3.16. The van der Waals surface area contributed by atoms with Crippen molar-refractivity contribution in [2.45, 2.75) is 13.8 Å². The molecule has 3 nitrogen and oxygen atoms in total. The van der Waals surface area contributed by atoms with E-state index in [1.54, 1.807) is 19.1 Å². The number of benzene rings is 1. The van der Waals surface area contributed by atoms with Crippen molar-refractivity contribution < 1.29 is 9.90 Å². The average Bonchev–Trinajstić information content (AvgIpc) is 2.18. The van der Waals surface area contributed by atoms with E-state index in [0.29, 0.717) is 6.54 Å². The molecular weight excluding hydrogens is 190 g/mol. The number of phenols is 1. The van der Waals surface area contributed by atoms with E-state index in [-0.39, 0.29) is 11.7 Å². The largest absolute Gasteiger partial charge is 0.508 e. The van der Waals surface area contributed by atoms with Gasteiger partial charge in [0.05, 0.1) is 6.54 Å². The number of rotatable bonds is 1. The van der Waals surface area contributed by atoms with Crippen molar-refractivity contribution in [3.8, 4) is 17.6 Å². The van der Waals surface area contributed by atoms with Gasteiger partial charge in [-0.15, -0.1) is 0 Å². The zero-order chi connectivity index (χ0) is 11.3. The van der Waals surface area contributed by atoms with Crippen LogP contribution in [0.2, 0.25) is 0 Å². The van der Waals surface area contributed by atoms with E-state index in [0.717, 1.165) is 11.1 Å². The van der Waals surface area contributed by atoms with E-state index < -0.39 is 0 Å². The Morgan fingerprint density at radius 1 is 1.53 bits per heavy atom. The van der Waals surface area contributed by atoms with Crippen LogP contribution < -0.4 is 5.32 Å². The molecule has 0 aliphatic carbocycles. The van der Waals surface area contributed by atoms with Crippen LogP contribution >= 0.6 is 0 Å². The molecule has 1 aromatic carbocycles. The number of carbonyl (C=O) groups excluding carboxylic acids is 1. The molecule has 1 rings (SSSR count). The fourth-order valence-corrected chi connectivity index (χ4v) is 1.07. The van der Waals surface area contributed by atoms with E-state index in [1.165, 1.54) is 6.92 Å². The number of aromatic hydroxyl groups is 1. The molecule has 0 saturated heterocycles. The third kappa shape index (κ3) is 3.35. The van der Waals surface area contributed by atoms with Crippen LogP contribution in [0.1, 0.15) is 18.1 Å². The molecule has 0 aliphatic heterocycles. The highest BCUT2D eigenvalue weighted by Gasteiger charge is 1.98. The van der Waals surface area contributed by atoms with Gasteiger partial charge in [0.15, 0.2) is 0 Å². The van der Waals surface area contributed by atoms with E-state index in [4.69, 9.17) is 0 Å². The van der Waals surface area contributed by atoms with Gasteiger partial charge in [-0.2, -0.15) is 0 Å². The lowest BCUT2D eigenvalue weighted by Crippen LogP contribution is -2.19. The maximum Gasteiger partial charge on any atom is 0.217 e. The van der Waals surface area contributed by atoms with Crippen molar-refractivity contribution in [3.63, 3.8) is 0 Å². The molecule has 2 N–H and O–H groups in total. The minimum absolute atomic E-state index is 0.100. The Hall–Kier alpha value is -1.95. The zero-order valence-electron chi connectivity index (χ0n) is 8.79. The summed E-state index contributed by atoms with van der Waals surface area (Å²) in [5.41, 5.74) is 1.54. The van der Waals surface area contributed by atoms with Gasteiger partial charge in [0.2, 0.25) is 5.91 Å². The topological polar surface area (TPSA) is 49.3 Å². The molecular formula is C12H13NO2. The van der Waals surface area contributed by atoms with Gasteiger partial charge < -0.3 is 10.4 Å². The molecule has 0 atom stereocenters. The quantitative estimate of drug-likeness (QED) is 0.673. The normalized spacial score (nSPS) is 8.93. The smallest absolute Gasteiger partial charge is 0.217 e. The Morgan fingerprint density at radius 2 is 2.27 bits per heavy atom. The number of carbonyl (C=O) groups is 1. The Bertz CT molecular complexity index is 427. The minimum atomic E-state index is -0.100. The number of phenolic OH excluding ortho intramolecular Hbond substituents is 1. The van der Waals surface area contributed by atoms with Gasteiger partial charge in [-0.05, 0) is 19.1 Å². The van der Waals surface area contributed by atoms with Gasteiger partial charge in [0.1, 0.15) is 5.75 Å². The summed E-state index contributed by atoms with van der Waals surface area (Å²) >= 11 is 0. The van der Waals surface area contributed by atoms with Crippen LogP contribution in [0.15, 0.2) is 18.2 Å². The molecule has 15 heavy (non-hydrogen) atoms. The monoisotopic (exact) mass is 203 g/mol. The lowest BCUT2D eigenvalue weighted by molar-refractivity contribution is -0.118. The molecule has 0 radical (unpaired) electrons. The highest BCUT2D eigenvalue weighted by Crippen LogP contribution is 2.18. The summed E-state index contributed by atoms with van der Waals surface area (Å²) in [6.07, 6.45) is 0. The van der Waals surface area contributed by atoms with Crippen molar-refractivity contribution in [1.29, 1.82) is 0 Å². The number of amides is 1. The maximum absolute atomic E-state index is 10.6. The molecule has 0 bridgehead atoms. The van der Waals surface area contributed by atoms with E-state index in [1.807, 2.05) is 6.07 Å². The van der Waals surface area contributed by atoms with Crippen molar-refractivity contribution in [2.75, 3.05) is 6.54 Å².